The summed E-state index contributed by atoms with van der Waals surface area (Å²) in [6, 6.07) is 16.1. The Bertz CT molecular complexity index is 2330. The lowest BCUT2D eigenvalue weighted by Gasteiger charge is -2.43. The largest absolute Gasteiger partial charge is 0.416 e. The number of aliphatic hydroxyl groups excluding tert-OH is 1. The Kier molecular flexibility index (Phi) is 8.70. The first-order valence-corrected chi connectivity index (χ1v) is 17.4. The molecule has 0 bridgehead atoms. The van der Waals surface area contributed by atoms with Gasteiger partial charge in [-0.25, -0.2) is 8.78 Å². The van der Waals surface area contributed by atoms with Crippen molar-refractivity contribution in [3.63, 3.8) is 0 Å². The van der Waals surface area contributed by atoms with Gasteiger partial charge in [0.2, 0.25) is 5.91 Å². The molecule has 53 heavy (non-hydrogen) atoms. The number of anilines is 1. The molecule has 1 N–H and O–H groups in total. The van der Waals surface area contributed by atoms with Gasteiger partial charge in [-0.05, 0) is 66.8 Å². The molecule has 2 aliphatic heterocycles. The second-order valence-corrected chi connectivity index (χ2v) is 13.3. The summed E-state index contributed by atoms with van der Waals surface area (Å²) in [7, 11) is -3.04. The van der Waals surface area contributed by atoms with Crippen molar-refractivity contribution in [3.8, 4) is 11.1 Å². The summed E-state index contributed by atoms with van der Waals surface area (Å²) in [5.74, 6) is -4.14. The highest BCUT2D eigenvalue weighted by Crippen LogP contribution is 2.41. The molecule has 4 aromatic carbocycles. The SMILES string of the molecule is [2H]C([2H])([2H])OC([2H])([2H])CN1CCC(N(C(=O)C([2H])([2H])N2C(SC([2H])([2H])c3cccc(F)c3F)=CC(O)c3ccccc32)C([2H])(C)c2ccc(-c3ccc(C(F)(F)F)cc3)cc2)CC1. The van der Waals surface area contributed by atoms with Gasteiger partial charge in [0.15, 0.2) is 11.6 Å². The number of alkyl halides is 3. The first-order chi connectivity index (χ1) is 29.1. The fraction of sp³-hybridized carbons (Fsp3) is 0.341. The molecule has 1 saturated heterocycles. The second kappa shape index (κ2) is 16.8. The van der Waals surface area contributed by atoms with E-state index in [1.165, 1.54) is 61.5 Å². The third kappa shape index (κ3) is 8.95. The normalized spacial score (nSPS) is 21.8. The number of carbonyl (C=O) groups excluding carboxylic acids is 1. The maximum atomic E-state index is 15.3. The number of rotatable bonds is 12. The number of methoxy groups -OCH3 is 1. The van der Waals surface area contributed by atoms with E-state index in [1.54, 1.807) is 11.0 Å². The van der Waals surface area contributed by atoms with Crippen LogP contribution < -0.4 is 4.90 Å². The van der Waals surface area contributed by atoms with Gasteiger partial charge in [-0.3, -0.25) is 4.79 Å². The predicted molar refractivity (Wildman–Crippen MR) is 198 cm³/mol. The van der Waals surface area contributed by atoms with E-state index in [-0.39, 0.29) is 59.5 Å². The van der Waals surface area contributed by atoms with Crippen molar-refractivity contribution >= 4 is 23.4 Å². The molecule has 0 saturated carbocycles. The van der Waals surface area contributed by atoms with Crippen LogP contribution in [0, 0.1) is 11.6 Å². The average Bonchev–Trinajstić information content (AvgIpc) is 3.18. The van der Waals surface area contributed by atoms with Crippen LogP contribution in [0.4, 0.5) is 27.6 Å². The van der Waals surface area contributed by atoms with E-state index >= 15 is 9.18 Å². The quantitative estimate of drug-likeness (QED) is 0.146. The summed E-state index contributed by atoms with van der Waals surface area (Å²) >= 11 is 0.220. The van der Waals surface area contributed by atoms with Gasteiger partial charge in [0, 0.05) is 58.0 Å². The summed E-state index contributed by atoms with van der Waals surface area (Å²) in [5.41, 5.74) is -3.28. The van der Waals surface area contributed by atoms with Gasteiger partial charge in [-0.15, -0.1) is 11.8 Å². The zero-order valence-electron chi connectivity index (χ0n) is 38.3. The monoisotopic (exact) mass is 761 g/mol. The van der Waals surface area contributed by atoms with Crippen LogP contribution in [0.25, 0.3) is 11.1 Å². The van der Waals surface area contributed by atoms with Gasteiger partial charge in [-0.1, -0.05) is 66.7 Å². The molecule has 1 amide bonds. The van der Waals surface area contributed by atoms with E-state index in [9.17, 15) is 26.8 Å². The maximum Gasteiger partial charge on any atom is 0.416 e. The van der Waals surface area contributed by atoms with Crippen molar-refractivity contribution in [2.45, 2.75) is 49.8 Å². The van der Waals surface area contributed by atoms with Crippen LogP contribution in [0.5, 0.6) is 0 Å². The smallest absolute Gasteiger partial charge is 0.384 e. The molecule has 4 aromatic rings. The van der Waals surface area contributed by atoms with Crippen LogP contribution in [-0.4, -0.2) is 66.6 Å². The van der Waals surface area contributed by atoms with Crippen molar-refractivity contribution < 1.29 is 50.3 Å². The first-order valence-electron chi connectivity index (χ1n) is 21.6. The van der Waals surface area contributed by atoms with Crippen LogP contribution >= 0.6 is 11.8 Å². The van der Waals surface area contributed by atoms with Crippen molar-refractivity contribution in [3.05, 3.63) is 136 Å². The molecule has 0 spiro atoms. The molecule has 6 rings (SSSR count). The van der Waals surface area contributed by atoms with Gasteiger partial charge < -0.3 is 24.5 Å². The zero-order chi connectivity index (χ0) is 46.5. The molecule has 6 nitrogen and oxygen atoms in total. The molecule has 2 atom stereocenters. The Hall–Kier alpha value is -4.23. The number of ether oxygens (including phenoxy) is 1. The summed E-state index contributed by atoms with van der Waals surface area (Å²) in [6.07, 6.45) is -4.89. The topological polar surface area (TPSA) is 56.2 Å². The number of likely N-dealkylation sites (tertiary alicyclic amines) is 1. The van der Waals surface area contributed by atoms with Gasteiger partial charge in [0.1, 0.15) is 12.6 Å². The Balaban J connectivity index is 1.40. The Labute approximate surface area is 324 Å². The second-order valence-electron chi connectivity index (χ2n) is 12.4. The lowest BCUT2D eigenvalue weighted by atomic mass is 9.96. The Morgan fingerprint density at radius 1 is 1.02 bits per heavy atom. The number of nitrogens with zero attached hydrogens (tertiary/aromatic N) is 3. The van der Waals surface area contributed by atoms with Crippen LogP contribution in [0.15, 0.2) is 102 Å². The summed E-state index contributed by atoms with van der Waals surface area (Å²) < 4.78 is 159. The number of benzene rings is 4. The van der Waals surface area contributed by atoms with E-state index in [1.807, 2.05) is 0 Å². The summed E-state index contributed by atoms with van der Waals surface area (Å²) in [4.78, 5) is 18.7. The highest BCUT2D eigenvalue weighted by Gasteiger charge is 2.35. The van der Waals surface area contributed by atoms with E-state index in [4.69, 9.17) is 9.60 Å². The highest BCUT2D eigenvalue weighted by molar-refractivity contribution is 8.02. The number of fused-ring (bicyclic) bond motifs is 1. The van der Waals surface area contributed by atoms with Crippen LogP contribution in [0.1, 0.15) is 67.8 Å². The predicted octanol–water partition coefficient (Wildman–Crippen LogP) is 8.98. The molecule has 1 fully saturated rings. The number of thioether (sulfide) groups is 1. The van der Waals surface area contributed by atoms with Gasteiger partial charge >= 0.3 is 6.18 Å². The molecular formula is C41H42F5N3O3S. The fourth-order valence-corrected chi connectivity index (χ4v) is 7.14. The van der Waals surface area contributed by atoms with Gasteiger partial charge in [0.25, 0.3) is 0 Å². The molecule has 0 radical (unpaired) electrons. The minimum absolute atomic E-state index is 0.0257. The fourth-order valence-electron chi connectivity index (χ4n) is 6.34. The Morgan fingerprint density at radius 2 is 1.70 bits per heavy atom. The minimum atomic E-state index is -4.56. The average molecular weight is 762 g/mol. The van der Waals surface area contributed by atoms with E-state index in [2.05, 4.69) is 4.74 Å². The molecule has 2 heterocycles. The Morgan fingerprint density at radius 3 is 2.38 bits per heavy atom. The molecule has 280 valence electrons. The van der Waals surface area contributed by atoms with E-state index in [0.717, 1.165) is 46.2 Å². The molecule has 0 aromatic heterocycles. The zero-order valence-corrected chi connectivity index (χ0v) is 29.1. The number of hydrogen-bond donors (Lipinski definition) is 1. The highest BCUT2D eigenvalue weighted by atomic mass is 32.2. The van der Waals surface area contributed by atoms with E-state index < -0.39 is 85.4 Å². The number of amides is 1. The molecule has 0 aliphatic carbocycles. The summed E-state index contributed by atoms with van der Waals surface area (Å²) in [6.45, 7) is -4.85. The third-order valence-corrected chi connectivity index (χ3v) is 10.0. The number of carbonyl (C=O) groups is 1. The van der Waals surface area contributed by atoms with Crippen LogP contribution in [0.3, 0.4) is 0 Å². The van der Waals surface area contributed by atoms with Crippen molar-refractivity contribution in [2.75, 3.05) is 44.6 Å². The minimum Gasteiger partial charge on any atom is -0.384 e. The van der Waals surface area contributed by atoms with Gasteiger partial charge in [0.05, 0.1) is 34.1 Å². The molecule has 2 unspecified atom stereocenters. The van der Waals surface area contributed by atoms with Crippen molar-refractivity contribution in [1.29, 1.82) is 0 Å². The van der Waals surface area contributed by atoms with Crippen LogP contribution in [-0.2, 0) is 21.4 Å². The lowest BCUT2D eigenvalue weighted by molar-refractivity contribution is -0.137. The third-order valence-electron chi connectivity index (χ3n) is 9.15. The standard InChI is InChI=1S/C41H42F5N3O3S/c1-27(28-10-12-29(13-11-28)30-14-16-32(17-15-30)41(44,45)46)49(33-18-20-47(21-19-33)22-23-52-2)38(51)25-48-36-9-4-3-7-34(36)37(50)24-39(48)53-26-31-6-5-8-35(42)40(31)43/h3-17,24,27,33,37,50H,18-23,25-26H2,1-2H3/i2D3,23D2,25D2,26D2,27D. The molecule has 2 aliphatic rings. The molecular weight excluding hydrogens is 710 g/mol. The number of para-hydroxylation sites is 1. The van der Waals surface area contributed by atoms with E-state index in [0.29, 0.717) is 11.1 Å². The number of halogens is 5. The van der Waals surface area contributed by atoms with Crippen molar-refractivity contribution in [2.24, 2.45) is 0 Å². The first kappa shape index (κ1) is 27.4. The lowest BCUT2D eigenvalue weighted by Crippen LogP contribution is -2.51. The molecule has 12 heteroatoms. The number of aliphatic hydroxyl groups is 1. The van der Waals surface area contributed by atoms with Crippen molar-refractivity contribution in [1.82, 2.24) is 9.80 Å². The maximum absolute atomic E-state index is 15.3. The van der Waals surface area contributed by atoms with Gasteiger partial charge in [-0.2, -0.15) is 13.2 Å². The van der Waals surface area contributed by atoms with Crippen LogP contribution in [0.2, 0.25) is 0 Å². The number of piperidine rings is 1. The summed E-state index contributed by atoms with van der Waals surface area (Å²) in [5, 5.41) is 10.8. The number of hydrogen-bond acceptors (Lipinski definition) is 6.